The Morgan fingerprint density at radius 3 is 2.47 bits per heavy atom. The standard InChI is InChI=1S/C13H26S2/c1-2-3-7-10-15-12-13(11-14)8-5-4-6-9-13/h14H,2-12H2,1H3. The molecule has 0 atom stereocenters. The molecule has 0 N–H and O–H groups in total. The zero-order valence-electron chi connectivity index (χ0n) is 10.1. The third-order valence-corrected chi connectivity index (χ3v) is 5.61. The van der Waals surface area contributed by atoms with Gasteiger partial charge in [-0.25, -0.2) is 0 Å². The maximum Gasteiger partial charge on any atom is -0.000300 e. The quantitative estimate of drug-likeness (QED) is 0.498. The number of unbranched alkanes of at least 4 members (excludes halogenated alkanes) is 2. The predicted octanol–water partition coefficient (Wildman–Crippen LogP) is 4.79. The van der Waals surface area contributed by atoms with Crippen LogP contribution in [0.1, 0.15) is 58.3 Å². The van der Waals surface area contributed by atoms with E-state index < -0.39 is 0 Å². The second kappa shape index (κ2) is 7.89. The molecule has 0 saturated heterocycles. The summed E-state index contributed by atoms with van der Waals surface area (Å²) < 4.78 is 0. The van der Waals surface area contributed by atoms with E-state index in [1.165, 1.54) is 62.9 Å². The van der Waals surface area contributed by atoms with Crippen molar-refractivity contribution in [2.24, 2.45) is 5.41 Å². The molecule has 1 fully saturated rings. The largest absolute Gasteiger partial charge is 0.179 e. The van der Waals surface area contributed by atoms with Gasteiger partial charge in [0.25, 0.3) is 0 Å². The van der Waals surface area contributed by atoms with Crippen molar-refractivity contribution >= 4 is 24.4 Å². The summed E-state index contributed by atoms with van der Waals surface area (Å²) in [5, 5.41) is 0. The summed E-state index contributed by atoms with van der Waals surface area (Å²) in [7, 11) is 0. The van der Waals surface area contributed by atoms with Crippen LogP contribution in [0.3, 0.4) is 0 Å². The molecule has 1 saturated carbocycles. The lowest BCUT2D eigenvalue weighted by atomic mass is 9.77. The summed E-state index contributed by atoms with van der Waals surface area (Å²) in [6.45, 7) is 2.28. The van der Waals surface area contributed by atoms with Gasteiger partial charge in [0.05, 0.1) is 0 Å². The minimum absolute atomic E-state index is 0.595. The fourth-order valence-corrected chi connectivity index (χ4v) is 4.35. The van der Waals surface area contributed by atoms with Gasteiger partial charge in [-0.05, 0) is 41.9 Å². The molecule has 0 bridgehead atoms. The molecule has 2 heteroatoms. The number of hydrogen-bond acceptors (Lipinski definition) is 2. The highest BCUT2D eigenvalue weighted by Gasteiger charge is 2.30. The lowest BCUT2D eigenvalue weighted by Gasteiger charge is -2.35. The first kappa shape index (κ1) is 13.8. The van der Waals surface area contributed by atoms with Gasteiger partial charge < -0.3 is 0 Å². The molecule has 0 unspecified atom stereocenters. The highest BCUT2D eigenvalue weighted by atomic mass is 32.2. The van der Waals surface area contributed by atoms with Gasteiger partial charge in [-0.1, -0.05) is 39.0 Å². The normalized spacial score (nSPS) is 20.4. The molecule has 0 aliphatic heterocycles. The van der Waals surface area contributed by atoms with E-state index in [1.807, 2.05) is 0 Å². The Balaban J connectivity index is 2.15. The van der Waals surface area contributed by atoms with Crippen LogP contribution in [0.15, 0.2) is 0 Å². The average molecular weight is 246 g/mol. The van der Waals surface area contributed by atoms with E-state index in [2.05, 4.69) is 31.3 Å². The topological polar surface area (TPSA) is 0 Å². The summed E-state index contributed by atoms with van der Waals surface area (Å²) in [6, 6.07) is 0. The third kappa shape index (κ3) is 5.04. The summed E-state index contributed by atoms with van der Waals surface area (Å²) in [5.41, 5.74) is 0.595. The molecule has 0 aromatic rings. The second-order valence-electron chi connectivity index (χ2n) is 4.98. The van der Waals surface area contributed by atoms with Crippen LogP contribution in [-0.4, -0.2) is 17.3 Å². The van der Waals surface area contributed by atoms with Crippen LogP contribution >= 0.6 is 24.4 Å². The van der Waals surface area contributed by atoms with Crippen molar-refractivity contribution in [1.82, 2.24) is 0 Å². The number of hydrogen-bond donors (Lipinski definition) is 1. The van der Waals surface area contributed by atoms with Crippen molar-refractivity contribution in [3.63, 3.8) is 0 Å². The molecule has 0 amide bonds. The smallest absolute Gasteiger partial charge is 0.000300 e. The molecule has 0 nitrogen and oxygen atoms in total. The first-order chi connectivity index (χ1) is 7.33. The van der Waals surface area contributed by atoms with E-state index in [0.717, 1.165) is 5.75 Å². The van der Waals surface area contributed by atoms with Crippen molar-refractivity contribution in [2.45, 2.75) is 58.3 Å². The van der Waals surface area contributed by atoms with Crippen LogP contribution < -0.4 is 0 Å². The van der Waals surface area contributed by atoms with E-state index >= 15 is 0 Å². The van der Waals surface area contributed by atoms with Crippen LogP contribution in [0.5, 0.6) is 0 Å². The summed E-state index contributed by atoms with van der Waals surface area (Å²) in [6.07, 6.45) is 11.3. The second-order valence-corrected chi connectivity index (χ2v) is 6.40. The minimum Gasteiger partial charge on any atom is -0.179 e. The van der Waals surface area contributed by atoms with E-state index in [9.17, 15) is 0 Å². The van der Waals surface area contributed by atoms with Crippen LogP contribution in [-0.2, 0) is 0 Å². The molecular weight excluding hydrogens is 220 g/mol. The Morgan fingerprint density at radius 2 is 1.87 bits per heavy atom. The molecule has 1 rings (SSSR count). The fourth-order valence-electron chi connectivity index (χ4n) is 2.39. The number of thiol groups is 1. The van der Waals surface area contributed by atoms with E-state index in [4.69, 9.17) is 0 Å². The Labute approximate surface area is 105 Å². The van der Waals surface area contributed by atoms with E-state index in [-0.39, 0.29) is 0 Å². The molecule has 90 valence electrons. The van der Waals surface area contributed by atoms with Crippen LogP contribution in [0, 0.1) is 5.41 Å². The van der Waals surface area contributed by atoms with Gasteiger partial charge in [0, 0.05) is 0 Å². The summed E-state index contributed by atoms with van der Waals surface area (Å²) in [4.78, 5) is 0. The first-order valence-electron chi connectivity index (χ1n) is 6.51. The monoisotopic (exact) mass is 246 g/mol. The maximum absolute atomic E-state index is 4.58. The third-order valence-electron chi connectivity index (χ3n) is 3.55. The SMILES string of the molecule is CCCCCSCC1(CS)CCCCC1. The fraction of sp³-hybridized carbons (Fsp3) is 1.00. The molecule has 0 aromatic carbocycles. The maximum atomic E-state index is 4.58. The molecule has 1 aliphatic rings. The predicted molar refractivity (Wildman–Crippen MR) is 76.2 cm³/mol. The first-order valence-corrected chi connectivity index (χ1v) is 8.30. The van der Waals surface area contributed by atoms with Gasteiger partial charge in [0.15, 0.2) is 0 Å². The van der Waals surface area contributed by atoms with Crippen LogP contribution in [0.25, 0.3) is 0 Å². The zero-order valence-corrected chi connectivity index (χ0v) is 11.8. The molecule has 0 heterocycles. The Bertz CT molecular complexity index is 151. The van der Waals surface area contributed by atoms with Crippen molar-refractivity contribution in [2.75, 3.05) is 17.3 Å². The van der Waals surface area contributed by atoms with Crippen LogP contribution in [0.4, 0.5) is 0 Å². The zero-order chi connectivity index (χ0) is 11.0. The number of rotatable bonds is 7. The van der Waals surface area contributed by atoms with Gasteiger partial charge in [-0.15, -0.1) is 0 Å². The number of thioether (sulfide) groups is 1. The molecule has 15 heavy (non-hydrogen) atoms. The van der Waals surface area contributed by atoms with Crippen molar-refractivity contribution in [3.05, 3.63) is 0 Å². The Kier molecular flexibility index (Phi) is 7.24. The van der Waals surface area contributed by atoms with Crippen molar-refractivity contribution < 1.29 is 0 Å². The van der Waals surface area contributed by atoms with Crippen molar-refractivity contribution in [1.29, 1.82) is 0 Å². The van der Waals surface area contributed by atoms with Crippen molar-refractivity contribution in [3.8, 4) is 0 Å². The van der Waals surface area contributed by atoms with Gasteiger partial charge >= 0.3 is 0 Å². The van der Waals surface area contributed by atoms with Gasteiger partial charge in [-0.3, -0.25) is 0 Å². The van der Waals surface area contributed by atoms with E-state index in [0.29, 0.717) is 5.41 Å². The summed E-state index contributed by atoms with van der Waals surface area (Å²) in [5.74, 6) is 3.83. The lowest BCUT2D eigenvalue weighted by molar-refractivity contribution is 0.259. The minimum atomic E-state index is 0.595. The molecular formula is C13H26S2. The lowest BCUT2D eigenvalue weighted by Crippen LogP contribution is -2.29. The molecule has 0 spiro atoms. The van der Waals surface area contributed by atoms with Crippen LogP contribution in [0.2, 0.25) is 0 Å². The molecule has 1 aliphatic carbocycles. The highest BCUT2D eigenvalue weighted by Crippen LogP contribution is 2.39. The molecule has 0 radical (unpaired) electrons. The van der Waals surface area contributed by atoms with Gasteiger partial charge in [0.1, 0.15) is 0 Å². The average Bonchev–Trinajstić information content (AvgIpc) is 2.30. The summed E-state index contributed by atoms with van der Waals surface area (Å²) >= 11 is 6.75. The Morgan fingerprint density at radius 1 is 1.13 bits per heavy atom. The molecule has 0 aromatic heterocycles. The van der Waals surface area contributed by atoms with E-state index in [1.54, 1.807) is 0 Å². The van der Waals surface area contributed by atoms with Gasteiger partial charge in [0.2, 0.25) is 0 Å². The highest BCUT2D eigenvalue weighted by molar-refractivity contribution is 7.99. The van der Waals surface area contributed by atoms with Gasteiger partial charge in [-0.2, -0.15) is 24.4 Å². The Hall–Kier alpha value is 0.700.